The molecule has 0 radical (unpaired) electrons. The summed E-state index contributed by atoms with van der Waals surface area (Å²) >= 11 is 0. The van der Waals surface area contributed by atoms with Crippen molar-refractivity contribution in [3.05, 3.63) is 42.5 Å². The van der Waals surface area contributed by atoms with Crippen LogP contribution in [-0.2, 0) is 6.54 Å². The Morgan fingerprint density at radius 2 is 2.16 bits per heavy atom. The standard InChI is InChI=1S/C15H20N4/c1-5-8-19-14(16)13(18-15(19)10(2)3)12-7-6-11(4)17-9-12/h5-7,9-10H,1,8,16H2,2-4H3. The molecule has 0 atom stereocenters. The number of nitrogens with two attached hydrogens (primary N) is 1. The third kappa shape index (κ3) is 2.52. The number of hydrogen-bond acceptors (Lipinski definition) is 3. The van der Waals surface area contributed by atoms with Crippen molar-refractivity contribution in [1.82, 2.24) is 14.5 Å². The number of anilines is 1. The normalized spacial score (nSPS) is 10.9. The fourth-order valence-corrected chi connectivity index (χ4v) is 2.07. The summed E-state index contributed by atoms with van der Waals surface area (Å²) in [4.78, 5) is 8.98. The SMILES string of the molecule is C=CCn1c(C(C)C)nc(-c2ccc(C)nc2)c1N. The summed E-state index contributed by atoms with van der Waals surface area (Å²) < 4.78 is 2.01. The molecule has 4 heteroatoms. The van der Waals surface area contributed by atoms with E-state index in [1.165, 1.54) is 0 Å². The molecule has 0 aliphatic carbocycles. The van der Waals surface area contributed by atoms with Crippen molar-refractivity contribution >= 4 is 5.82 Å². The molecule has 0 saturated carbocycles. The molecule has 0 amide bonds. The number of pyridine rings is 1. The van der Waals surface area contributed by atoms with E-state index in [0.717, 1.165) is 22.8 Å². The summed E-state index contributed by atoms with van der Waals surface area (Å²) in [6, 6.07) is 3.97. The van der Waals surface area contributed by atoms with Crippen LogP contribution in [-0.4, -0.2) is 14.5 Å². The van der Waals surface area contributed by atoms with Gasteiger partial charge in [-0.3, -0.25) is 4.98 Å². The summed E-state index contributed by atoms with van der Waals surface area (Å²) in [5.74, 6) is 1.97. The molecular weight excluding hydrogens is 236 g/mol. The van der Waals surface area contributed by atoms with Gasteiger partial charge >= 0.3 is 0 Å². The lowest BCUT2D eigenvalue weighted by Gasteiger charge is -2.09. The van der Waals surface area contributed by atoms with E-state index in [2.05, 4.69) is 30.4 Å². The molecule has 0 spiro atoms. The van der Waals surface area contributed by atoms with Crippen LogP contribution in [0.1, 0.15) is 31.3 Å². The first-order valence-electron chi connectivity index (χ1n) is 6.44. The van der Waals surface area contributed by atoms with Gasteiger partial charge in [0.2, 0.25) is 0 Å². The fraction of sp³-hybridized carbons (Fsp3) is 0.333. The monoisotopic (exact) mass is 256 g/mol. The lowest BCUT2D eigenvalue weighted by Crippen LogP contribution is -2.07. The Balaban J connectivity index is 2.55. The number of aromatic nitrogens is 3. The molecular formula is C15H20N4. The van der Waals surface area contributed by atoms with Crippen LogP contribution in [0, 0.1) is 6.92 Å². The Morgan fingerprint density at radius 3 is 2.68 bits per heavy atom. The lowest BCUT2D eigenvalue weighted by atomic mass is 10.2. The van der Waals surface area contributed by atoms with E-state index in [4.69, 9.17) is 5.73 Å². The van der Waals surface area contributed by atoms with Gasteiger partial charge in [-0.25, -0.2) is 4.98 Å². The van der Waals surface area contributed by atoms with Crippen molar-refractivity contribution in [3.63, 3.8) is 0 Å². The van der Waals surface area contributed by atoms with Crippen LogP contribution in [0.5, 0.6) is 0 Å². The summed E-state index contributed by atoms with van der Waals surface area (Å²) in [7, 11) is 0. The van der Waals surface area contributed by atoms with Crippen LogP contribution in [0.25, 0.3) is 11.3 Å². The van der Waals surface area contributed by atoms with Gasteiger partial charge < -0.3 is 10.3 Å². The van der Waals surface area contributed by atoms with Gasteiger partial charge in [0.15, 0.2) is 0 Å². The fourth-order valence-electron chi connectivity index (χ4n) is 2.07. The van der Waals surface area contributed by atoms with Crippen molar-refractivity contribution in [2.24, 2.45) is 0 Å². The molecule has 2 heterocycles. The van der Waals surface area contributed by atoms with E-state index in [-0.39, 0.29) is 0 Å². The number of aryl methyl sites for hydroxylation is 1. The lowest BCUT2D eigenvalue weighted by molar-refractivity contribution is 0.684. The molecule has 0 fully saturated rings. The quantitative estimate of drug-likeness (QED) is 0.855. The highest BCUT2D eigenvalue weighted by molar-refractivity contribution is 5.70. The van der Waals surface area contributed by atoms with E-state index in [0.29, 0.717) is 18.3 Å². The summed E-state index contributed by atoms with van der Waals surface area (Å²) in [5, 5.41) is 0. The Bertz CT molecular complexity index is 579. The maximum Gasteiger partial charge on any atom is 0.132 e. The maximum atomic E-state index is 6.22. The van der Waals surface area contributed by atoms with E-state index in [9.17, 15) is 0 Å². The van der Waals surface area contributed by atoms with Gasteiger partial charge in [-0.05, 0) is 19.1 Å². The molecule has 2 N–H and O–H groups in total. The van der Waals surface area contributed by atoms with Crippen LogP contribution in [0.2, 0.25) is 0 Å². The minimum absolute atomic E-state index is 0.314. The van der Waals surface area contributed by atoms with Gasteiger partial charge in [-0.15, -0.1) is 6.58 Å². The molecule has 0 unspecified atom stereocenters. The molecule has 0 aromatic carbocycles. The average molecular weight is 256 g/mol. The minimum Gasteiger partial charge on any atom is -0.383 e. The summed E-state index contributed by atoms with van der Waals surface area (Å²) in [6.45, 7) is 10.6. The van der Waals surface area contributed by atoms with E-state index >= 15 is 0 Å². The topological polar surface area (TPSA) is 56.7 Å². The molecule has 2 aromatic rings. The highest BCUT2D eigenvalue weighted by Gasteiger charge is 2.17. The zero-order valence-corrected chi connectivity index (χ0v) is 11.7. The third-order valence-corrected chi connectivity index (χ3v) is 3.05. The molecule has 0 bridgehead atoms. The highest BCUT2D eigenvalue weighted by Crippen LogP contribution is 2.29. The van der Waals surface area contributed by atoms with Crippen LogP contribution in [0.15, 0.2) is 31.0 Å². The second kappa shape index (κ2) is 5.26. The summed E-state index contributed by atoms with van der Waals surface area (Å²) in [5.41, 5.74) is 8.96. The Hall–Kier alpha value is -2.10. The smallest absolute Gasteiger partial charge is 0.132 e. The number of nitrogen functional groups attached to an aromatic ring is 1. The second-order valence-electron chi connectivity index (χ2n) is 4.95. The largest absolute Gasteiger partial charge is 0.383 e. The van der Waals surface area contributed by atoms with Gasteiger partial charge in [0.05, 0.1) is 0 Å². The van der Waals surface area contributed by atoms with Crippen molar-refractivity contribution in [3.8, 4) is 11.3 Å². The van der Waals surface area contributed by atoms with Gasteiger partial charge in [0, 0.05) is 29.9 Å². The maximum absolute atomic E-state index is 6.22. The van der Waals surface area contributed by atoms with Crippen molar-refractivity contribution in [2.45, 2.75) is 33.2 Å². The second-order valence-corrected chi connectivity index (χ2v) is 4.95. The Kier molecular flexibility index (Phi) is 3.69. The van der Waals surface area contributed by atoms with Crippen LogP contribution >= 0.6 is 0 Å². The zero-order chi connectivity index (χ0) is 14.0. The predicted octanol–water partition coefficient (Wildman–Crippen LogP) is 3.15. The number of allylic oxidation sites excluding steroid dienone is 1. The molecule has 100 valence electrons. The molecule has 2 rings (SSSR count). The minimum atomic E-state index is 0.314. The molecule has 0 aliphatic rings. The number of nitrogens with zero attached hydrogens (tertiary/aromatic N) is 3. The number of hydrogen-bond donors (Lipinski definition) is 1. The first-order chi connectivity index (χ1) is 9.04. The van der Waals surface area contributed by atoms with Gasteiger partial charge in [0.1, 0.15) is 17.3 Å². The van der Waals surface area contributed by atoms with Crippen LogP contribution in [0.4, 0.5) is 5.82 Å². The van der Waals surface area contributed by atoms with Crippen molar-refractivity contribution in [1.29, 1.82) is 0 Å². The number of imidazole rings is 1. The Labute approximate surface area is 114 Å². The van der Waals surface area contributed by atoms with Crippen LogP contribution < -0.4 is 5.73 Å². The summed E-state index contributed by atoms with van der Waals surface area (Å²) in [6.07, 6.45) is 3.65. The molecule has 19 heavy (non-hydrogen) atoms. The van der Waals surface area contributed by atoms with E-state index in [1.807, 2.05) is 35.9 Å². The van der Waals surface area contributed by atoms with E-state index in [1.54, 1.807) is 0 Å². The van der Waals surface area contributed by atoms with Crippen molar-refractivity contribution < 1.29 is 0 Å². The zero-order valence-electron chi connectivity index (χ0n) is 11.7. The van der Waals surface area contributed by atoms with Crippen LogP contribution in [0.3, 0.4) is 0 Å². The third-order valence-electron chi connectivity index (χ3n) is 3.05. The van der Waals surface area contributed by atoms with Gasteiger partial charge in [0.25, 0.3) is 0 Å². The first-order valence-corrected chi connectivity index (χ1v) is 6.44. The van der Waals surface area contributed by atoms with E-state index < -0.39 is 0 Å². The average Bonchev–Trinajstić information content (AvgIpc) is 2.69. The van der Waals surface area contributed by atoms with Crippen molar-refractivity contribution in [2.75, 3.05) is 5.73 Å². The number of rotatable bonds is 4. The first kappa shape index (κ1) is 13.3. The van der Waals surface area contributed by atoms with Gasteiger partial charge in [-0.1, -0.05) is 19.9 Å². The molecule has 4 nitrogen and oxygen atoms in total. The predicted molar refractivity (Wildman–Crippen MR) is 78.9 cm³/mol. The molecule has 2 aromatic heterocycles. The molecule has 0 aliphatic heterocycles. The van der Waals surface area contributed by atoms with Gasteiger partial charge in [-0.2, -0.15) is 0 Å². The Morgan fingerprint density at radius 1 is 1.42 bits per heavy atom. The highest BCUT2D eigenvalue weighted by atomic mass is 15.1. The molecule has 0 saturated heterocycles.